The van der Waals surface area contributed by atoms with E-state index in [1.165, 1.54) is 24.3 Å². The van der Waals surface area contributed by atoms with Gasteiger partial charge in [-0.25, -0.2) is 8.78 Å². The highest BCUT2D eigenvalue weighted by molar-refractivity contribution is 5.41. The van der Waals surface area contributed by atoms with Crippen LogP contribution in [0.15, 0.2) is 48.5 Å². The molecule has 2 aliphatic rings. The van der Waals surface area contributed by atoms with Gasteiger partial charge >= 0.3 is 0 Å². The quantitative estimate of drug-likeness (QED) is 0.358. The molecule has 2 fully saturated rings. The van der Waals surface area contributed by atoms with Crippen LogP contribution in [0.5, 0.6) is 11.5 Å². The van der Waals surface area contributed by atoms with Gasteiger partial charge in [-0.3, -0.25) is 10.1 Å². The predicted molar refractivity (Wildman–Crippen MR) is 135 cm³/mol. The first kappa shape index (κ1) is 29.2. The monoisotopic (exact) mass is 510 g/mol. The fourth-order valence-corrected chi connectivity index (χ4v) is 3.88. The van der Waals surface area contributed by atoms with Gasteiger partial charge in [-0.1, -0.05) is 0 Å². The van der Waals surface area contributed by atoms with Crippen molar-refractivity contribution in [3.05, 3.63) is 58.6 Å². The topological polar surface area (TPSA) is 114 Å². The Bertz CT molecular complexity index is 920. The van der Waals surface area contributed by atoms with E-state index in [1.807, 2.05) is 23.9 Å². The van der Waals surface area contributed by atoms with Crippen LogP contribution < -0.4 is 15.2 Å². The Kier molecular flexibility index (Phi) is 11.8. The number of rotatable bonds is 5. The molecule has 0 amide bonds. The second-order valence-corrected chi connectivity index (χ2v) is 8.77. The molecular formula is C25H36F2N4O5. The number of ether oxygens (including phenoxy) is 2. The SMILES string of the molecule is CN1CCC(Oc2ccc(N)cc2)C(F)C1.CN1CCC(Oc2ccc([N+](=O)[O-])cc2)C(F)C1.CO. The lowest BCUT2D eigenvalue weighted by molar-refractivity contribution is -0.384. The lowest BCUT2D eigenvalue weighted by atomic mass is 10.1. The van der Waals surface area contributed by atoms with Crippen molar-refractivity contribution in [2.75, 3.05) is 53.1 Å². The van der Waals surface area contributed by atoms with Crippen LogP contribution in [0.1, 0.15) is 12.8 Å². The van der Waals surface area contributed by atoms with Gasteiger partial charge in [0.25, 0.3) is 5.69 Å². The molecule has 2 aromatic carbocycles. The standard InChI is InChI=1S/C12H15FN2O3.C12H17FN2O.CH4O/c1-14-7-6-12(11(13)8-14)18-10-4-2-9(3-5-10)15(16)17;1-15-7-6-12(11(13)8-15)16-10-4-2-9(14)3-5-10;1-2/h2-5,11-12H,6-8H2,1H3;2-5,11-12H,6-8,14H2,1H3;2H,1H3. The Labute approximate surface area is 210 Å². The smallest absolute Gasteiger partial charge is 0.269 e. The van der Waals surface area contributed by atoms with E-state index in [9.17, 15) is 18.9 Å². The van der Waals surface area contributed by atoms with Crippen LogP contribution in [-0.2, 0) is 0 Å². The largest absolute Gasteiger partial charge is 0.487 e. The number of aliphatic hydroxyl groups excluding tert-OH is 1. The molecule has 0 radical (unpaired) electrons. The van der Waals surface area contributed by atoms with Crippen molar-refractivity contribution in [2.24, 2.45) is 0 Å². The molecule has 2 saturated heterocycles. The minimum absolute atomic E-state index is 0.00234. The van der Waals surface area contributed by atoms with Gasteiger partial charge in [0.1, 0.15) is 36.1 Å². The van der Waals surface area contributed by atoms with Crippen LogP contribution in [0, 0.1) is 10.1 Å². The van der Waals surface area contributed by atoms with E-state index >= 15 is 0 Å². The van der Waals surface area contributed by atoms with E-state index in [2.05, 4.69) is 0 Å². The number of nitrogen functional groups attached to an aromatic ring is 1. The maximum atomic E-state index is 13.7. The third-order valence-electron chi connectivity index (χ3n) is 5.87. The summed E-state index contributed by atoms with van der Waals surface area (Å²) in [4.78, 5) is 13.9. The van der Waals surface area contributed by atoms with E-state index in [1.54, 1.807) is 24.3 Å². The lowest BCUT2D eigenvalue weighted by Gasteiger charge is -2.32. The lowest BCUT2D eigenvalue weighted by Crippen LogP contribution is -2.45. The summed E-state index contributed by atoms with van der Waals surface area (Å²) < 4.78 is 38.5. The first-order valence-corrected chi connectivity index (χ1v) is 11.7. The zero-order valence-electron chi connectivity index (χ0n) is 20.9. The van der Waals surface area contributed by atoms with Crippen molar-refractivity contribution in [2.45, 2.75) is 37.4 Å². The molecule has 3 N–H and O–H groups in total. The Morgan fingerprint density at radius 1 is 0.861 bits per heavy atom. The van der Waals surface area contributed by atoms with Gasteiger partial charge in [0.2, 0.25) is 0 Å². The van der Waals surface area contributed by atoms with E-state index in [0.29, 0.717) is 36.7 Å². The molecule has 11 heteroatoms. The van der Waals surface area contributed by atoms with E-state index < -0.39 is 23.4 Å². The molecule has 4 rings (SSSR count). The first-order chi connectivity index (χ1) is 17.2. The maximum absolute atomic E-state index is 13.7. The third kappa shape index (κ3) is 9.21. The molecule has 0 aromatic heterocycles. The van der Waals surface area contributed by atoms with Gasteiger partial charge < -0.3 is 30.1 Å². The van der Waals surface area contributed by atoms with Crippen LogP contribution >= 0.6 is 0 Å². The fraction of sp³-hybridized carbons (Fsp3) is 0.520. The minimum atomic E-state index is -1.03. The van der Waals surface area contributed by atoms with Crippen LogP contribution in [-0.4, -0.2) is 91.8 Å². The Morgan fingerprint density at radius 2 is 1.25 bits per heavy atom. The number of nitrogens with two attached hydrogens (primary N) is 1. The number of aliphatic hydroxyl groups is 1. The van der Waals surface area contributed by atoms with E-state index in [-0.39, 0.29) is 11.8 Å². The summed E-state index contributed by atoms with van der Waals surface area (Å²) in [6.07, 6.45) is -1.41. The van der Waals surface area contributed by atoms with Crippen LogP contribution in [0.25, 0.3) is 0 Å². The van der Waals surface area contributed by atoms with Gasteiger partial charge in [0.15, 0.2) is 0 Å². The Balaban J connectivity index is 0.000000239. The second-order valence-electron chi connectivity index (χ2n) is 8.77. The average molecular weight is 511 g/mol. The Morgan fingerprint density at radius 3 is 1.61 bits per heavy atom. The molecule has 0 spiro atoms. The van der Waals surface area contributed by atoms with Crippen molar-refractivity contribution in [1.82, 2.24) is 9.80 Å². The van der Waals surface area contributed by atoms with Gasteiger partial charge in [0, 0.05) is 51.1 Å². The van der Waals surface area contributed by atoms with Crippen LogP contribution in [0.2, 0.25) is 0 Å². The van der Waals surface area contributed by atoms with Crippen LogP contribution in [0.4, 0.5) is 20.2 Å². The average Bonchev–Trinajstić information content (AvgIpc) is 2.86. The van der Waals surface area contributed by atoms with Crippen molar-refractivity contribution in [3.8, 4) is 11.5 Å². The first-order valence-electron chi connectivity index (χ1n) is 11.7. The fourth-order valence-electron chi connectivity index (χ4n) is 3.88. The molecule has 2 aromatic rings. The number of hydrogen-bond acceptors (Lipinski definition) is 8. The molecule has 2 heterocycles. The summed E-state index contributed by atoms with van der Waals surface area (Å²) in [5.74, 6) is 1.16. The highest BCUT2D eigenvalue weighted by Gasteiger charge is 2.30. The molecule has 36 heavy (non-hydrogen) atoms. The van der Waals surface area contributed by atoms with Crippen LogP contribution in [0.3, 0.4) is 0 Å². The summed E-state index contributed by atoms with van der Waals surface area (Å²) in [5, 5.41) is 17.5. The molecule has 9 nitrogen and oxygen atoms in total. The van der Waals surface area contributed by atoms with Gasteiger partial charge in [-0.2, -0.15) is 0 Å². The van der Waals surface area contributed by atoms with Crippen molar-refractivity contribution in [3.63, 3.8) is 0 Å². The normalized spacial score (nSPS) is 24.4. The minimum Gasteiger partial charge on any atom is -0.487 e. The number of likely N-dealkylation sites (tertiary alicyclic amines) is 2. The number of non-ortho nitro benzene ring substituents is 1. The number of anilines is 1. The molecule has 0 bridgehead atoms. The molecule has 0 saturated carbocycles. The summed E-state index contributed by atoms with van der Waals surface area (Å²) >= 11 is 0. The number of piperidine rings is 2. The van der Waals surface area contributed by atoms with Gasteiger partial charge in [-0.15, -0.1) is 0 Å². The summed E-state index contributed by atoms with van der Waals surface area (Å²) in [7, 11) is 4.79. The summed E-state index contributed by atoms with van der Waals surface area (Å²) in [6.45, 7) is 2.47. The number of nitro groups is 1. The number of halogens is 2. The third-order valence-corrected chi connectivity index (χ3v) is 5.87. The van der Waals surface area contributed by atoms with E-state index in [4.69, 9.17) is 20.3 Å². The highest BCUT2D eigenvalue weighted by Crippen LogP contribution is 2.23. The summed E-state index contributed by atoms with van der Waals surface area (Å²) in [6, 6.07) is 12.8. The van der Waals surface area contributed by atoms with Gasteiger partial charge in [0.05, 0.1) is 4.92 Å². The molecule has 0 aliphatic carbocycles. The molecular weight excluding hydrogens is 474 g/mol. The van der Waals surface area contributed by atoms with Crippen molar-refractivity contribution >= 4 is 11.4 Å². The zero-order chi connectivity index (χ0) is 26.7. The van der Waals surface area contributed by atoms with Gasteiger partial charge in [-0.05, 0) is 63.3 Å². The van der Waals surface area contributed by atoms with Crippen molar-refractivity contribution < 1.29 is 28.3 Å². The number of nitro benzene ring substituents is 1. The number of alkyl halides is 2. The number of benzene rings is 2. The molecule has 200 valence electrons. The summed E-state index contributed by atoms with van der Waals surface area (Å²) in [5.41, 5.74) is 6.26. The zero-order valence-corrected chi connectivity index (χ0v) is 20.9. The molecule has 4 unspecified atom stereocenters. The molecule has 2 aliphatic heterocycles. The Hall–Kier alpha value is -3.02. The number of nitrogens with zero attached hydrogens (tertiary/aromatic N) is 3. The number of hydrogen-bond donors (Lipinski definition) is 2. The van der Waals surface area contributed by atoms with Crippen molar-refractivity contribution in [1.29, 1.82) is 0 Å². The predicted octanol–water partition coefficient (Wildman–Crippen LogP) is 3.31. The van der Waals surface area contributed by atoms with E-state index in [0.717, 1.165) is 26.6 Å². The molecule has 4 atom stereocenters. The second kappa shape index (κ2) is 14.5. The maximum Gasteiger partial charge on any atom is 0.269 e. The highest BCUT2D eigenvalue weighted by atomic mass is 19.1.